The molecule has 2 unspecified atom stereocenters. The fraction of sp³-hybridized carbons (Fsp3) is 0.300. The standard InChI is InChI=1S/C20H14F6N2O10/c21-19(22,23)18(37)28-13-7(32)2-5(30)9(17(13)36)11-14(33)10(15(11)34)8-4(29)1-6(31)12(16(8)35)27-3-38-20(24,25)26/h1-3,10-11,14-15,29-32,35-36H,(H,28,37)/q-2. The van der Waals surface area contributed by atoms with E-state index in [1.165, 1.54) is 0 Å². The third-order valence-electron chi connectivity index (χ3n) is 5.52. The number of benzene rings is 2. The van der Waals surface area contributed by atoms with Gasteiger partial charge in [0.25, 0.3) is 0 Å². The maximum absolute atomic E-state index is 12.9. The molecular weight excluding hydrogens is 542 g/mol. The molecule has 0 radical (unpaired) electrons. The largest absolute Gasteiger partial charge is 0.851 e. The summed E-state index contributed by atoms with van der Waals surface area (Å²) in [6.07, 6.45) is -15.5. The summed E-state index contributed by atoms with van der Waals surface area (Å²) in [7, 11) is 0. The number of alkyl halides is 6. The highest BCUT2D eigenvalue weighted by molar-refractivity contribution is 5.98. The van der Waals surface area contributed by atoms with Gasteiger partial charge >= 0.3 is 18.4 Å². The van der Waals surface area contributed by atoms with E-state index in [1.807, 2.05) is 0 Å². The molecule has 1 aliphatic rings. The van der Waals surface area contributed by atoms with Gasteiger partial charge < -0.3 is 50.9 Å². The van der Waals surface area contributed by atoms with Crippen LogP contribution < -0.4 is 15.5 Å². The number of ether oxygens (including phenoxy) is 1. The van der Waals surface area contributed by atoms with Crippen LogP contribution in [0.3, 0.4) is 0 Å². The van der Waals surface area contributed by atoms with Crippen LogP contribution in [0.2, 0.25) is 0 Å². The predicted molar refractivity (Wildman–Crippen MR) is 106 cm³/mol. The zero-order valence-corrected chi connectivity index (χ0v) is 18.1. The van der Waals surface area contributed by atoms with Gasteiger partial charge in [-0.3, -0.25) is 4.79 Å². The van der Waals surface area contributed by atoms with E-state index >= 15 is 0 Å². The van der Waals surface area contributed by atoms with Gasteiger partial charge in [0.2, 0.25) is 0 Å². The molecule has 3 rings (SSSR count). The summed E-state index contributed by atoms with van der Waals surface area (Å²) in [6.45, 7) is 0. The van der Waals surface area contributed by atoms with Crippen LogP contribution >= 0.6 is 0 Å². The van der Waals surface area contributed by atoms with E-state index in [0.29, 0.717) is 12.1 Å². The van der Waals surface area contributed by atoms with Crippen molar-refractivity contribution in [1.29, 1.82) is 0 Å². The first-order valence-electron chi connectivity index (χ1n) is 9.89. The van der Waals surface area contributed by atoms with Crippen LogP contribution in [0.4, 0.5) is 37.7 Å². The summed E-state index contributed by atoms with van der Waals surface area (Å²) < 4.78 is 77.5. The van der Waals surface area contributed by atoms with Crippen molar-refractivity contribution in [2.75, 3.05) is 5.32 Å². The number of phenolic OH excluding ortho intramolecular Hbond substituents is 6. The van der Waals surface area contributed by atoms with E-state index in [4.69, 9.17) is 0 Å². The molecule has 0 aliphatic heterocycles. The van der Waals surface area contributed by atoms with Gasteiger partial charge in [-0.2, -0.15) is 13.2 Å². The second-order valence-electron chi connectivity index (χ2n) is 7.81. The molecule has 38 heavy (non-hydrogen) atoms. The van der Waals surface area contributed by atoms with E-state index in [2.05, 4.69) is 9.73 Å². The number of aliphatic imine (C=N–C) groups is 1. The van der Waals surface area contributed by atoms with E-state index in [1.54, 1.807) is 0 Å². The molecule has 1 amide bonds. The number of carbonyl (C=O) groups excluding carboxylic acids is 1. The van der Waals surface area contributed by atoms with E-state index < -0.39 is 99.5 Å². The number of phenols is 6. The highest BCUT2D eigenvalue weighted by Crippen LogP contribution is 2.58. The van der Waals surface area contributed by atoms with Crippen LogP contribution in [0.15, 0.2) is 17.1 Å². The van der Waals surface area contributed by atoms with Crippen LogP contribution in [0, 0.1) is 0 Å². The lowest BCUT2D eigenvalue weighted by atomic mass is 9.62. The summed E-state index contributed by atoms with van der Waals surface area (Å²) in [6, 6.07) is 0.763. The number of nitrogens with zero attached hydrogens (tertiary/aromatic N) is 1. The Morgan fingerprint density at radius 2 is 1.32 bits per heavy atom. The fourth-order valence-electron chi connectivity index (χ4n) is 3.87. The minimum atomic E-state index is -5.49. The second kappa shape index (κ2) is 9.53. The molecule has 2 aromatic rings. The number of hydrogen-bond acceptors (Lipinski definition) is 11. The van der Waals surface area contributed by atoms with Gasteiger partial charge in [0.15, 0.2) is 17.8 Å². The molecule has 7 N–H and O–H groups in total. The number of amides is 1. The normalized spacial score (nSPS) is 21.8. The van der Waals surface area contributed by atoms with Crippen molar-refractivity contribution >= 4 is 23.7 Å². The lowest BCUT2D eigenvalue weighted by Crippen LogP contribution is -2.63. The quantitative estimate of drug-likeness (QED) is 0.0909. The Labute approximate surface area is 205 Å². The molecule has 18 heteroatoms. The Kier molecular flexibility index (Phi) is 7.08. The van der Waals surface area contributed by atoms with Crippen molar-refractivity contribution in [1.82, 2.24) is 0 Å². The van der Waals surface area contributed by atoms with Crippen LogP contribution in [-0.4, -0.2) is 67.7 Å². The number of halogens is 6. The Hall–Kier alpha value is -4.32. The van der Waals surface area contributed by atoms with E-state index in [-0.39, 0.29) is 6.40 Å². The highest BCUT2D eigenvalue weighted by atomic mass is 19.4. The molecule has 0 saturated heterocycles. The summed E-state index contributed by atoms with van der Waals surface area (Å²) >= 11 is 0. The first-order chi connectivity index (χ1) is 17.4. The minimum Gasteiger partial charge on any atom is -0.851 e. The maximum Gasteiger partial charge on any atom is 0.573 e. The van der Waals surface area contributed by atoms with Crippen LogP contribution in [-0.2, 0) is 9.53 Å². The van der Waals surface area contributed by atoms with Crippen LogP contribution in [0.5, 0.6) is 34.5 Å². The molecule has 2 aromatic carbocycles. The van der Waals surface area contributed by atoms with Gasteiger partial charge in [-0.25, -0.2) is 4.99 Å². The molecule has 2 atom stereocenters. The molecule has 0 aromatic heterocycles. The topological polar surface area (TPSA) is 218 Å². The van der Waals surface area contributed by atoms with Crippen molar-refractivity contribution in [2.45, 2.75) is 36.6 Å². The van der Waals surface area contributed by atoms with Gasteiger partial charge in [-0.1, -0.05) is 0 Å². The third kappa shape index (κ3) is 5.07. The average molecular weight is 556 g/mol. The predicted octanol–water partition coefficient (Wildman–Crippen LogP) is 0.956. The van der Waals surface area contributed by atoms with Crippen molar-refractivity contribution in [3.63, 3.8) is 0 Å². The molecule has 12 nitrogen and oxygen atoms in total. The highest BCUT2D eigenvalue weighted by Gasteiger charge is 2.45. The molecule has 0 spiro atoms. The SMILES string of the molecule is O=C(Nc1c(O)cc(O)c(C2C([O-])C(c3c(O)cc(O)c(N=COC(F)(F)F)c3O)C2[O-])c1O)C(F)(F)F. The molecule has 208 valence electrons. The monoisotopic (exact) mass is 556 g/mol. The summed E-state index contributed by atoms with van der Waals surface area (Å²) in [5, 5.41) is 87.4. The zero-order valence-electron chi connectivity index (χ0n) is 18.1. The fourth-order valence-corrected chi connectivity index (χ4v) is 3.87. The van der Waals surface area contributed by atoms with Crippen molar-refractivity contribution in [2.24, 2.45) is 4.99 Å². The summed E-state index contributed by atoms with van der Waals surface area (Å²) in [5.41, 5.74) is -4.20. The number of carbonyl (C=O) groups is 1. The molecule has 1 aliphatic carbocycles. The minimum absolute atomic E-state index is 0.244. The number of rotatable bonds is 5. The van der Waals surface area contributed by atoms with Gasteiger partial charge in [0.1, 0.15) is 34.4 Å². The lowest BCUT2D eigenvalue weighted by molar-refractivity contribution is -0.536. The smallest absolute Gasteiger partial charge is 0.573 e. The van der Waals surface area contributed by atoms with E-state index in [0.717, 1.165) is 5.32 Å². The van der Waals surface area contributed by atoms with Crippen molar-refractivity contribution < 1.29 is 76.7 Å². The van der Waals surface area contributed by atoms with E-state index in [9.17, 15) is 72.0 Å². The van der Waals surface area contributed by atoms with Gasteiger partial charge in [0.05, 0.1) is 0 Å². The molecule has 1 saturated carbocycles. The number of nitrogens with one attached hydrogen (secondary N) is 1. The molecule has 0 bridgehead atoms. The Balaban J connectivity index is 2.01. The van der Waals surface area contributed by atoms with Gasteiger partial charge in [-0.05, 0) is 11.8 Å². The summed E-state index contributed by atoms with van der Waals surface area (Å²) in [4.78, 5) is 14.3. The summed E-state index contributed by atoms with van der Waals surface area (Å²) in [5.74, 6) is -13.9. The van der Waals surface area contributed by atoms with Crippen molar-refractivity contribution in [3.8, 4) is 34.5 Å². The van der Waals surface area contributed by atoms with Crippen molar-refractivity contribution in [3.05, 3.63) is 23.3 Å². The number of anilines is 1. The van der Waals surface area contributed by atoms with Crippen LogP contribution in [0.1, 0.15) is 23.0 Å². The van der Waals surface area contributed by atoms with Gasteiger partial charge in [-0.15, -0.1) is 25.4 Å². The molecular formula is C20H14F6N2O10-2. The molecule has 1 fully saturated rings. The Morgan fingerprint density at radius 1 is 0.842 bits per heavy atom. The third-order valence-corrected chi connectivity index (χ3v) is 5.52. The Bertz CT molecular complexity index is 1290. The van der Waals surface area contributed by atoms with Gasteiger partial charge in [0, 0.05) is 23.3 Å². The number of aromatic hydroxyl groups is 6. The zero-order chi connectivity index (χ0) is 28.9. The second-order valence-corrected chi connectivity index (χ2v) is 7.81. The first kappa shape index (κ1) is 28.3. The van der Waals surface area contributed by atoms with Crippen LogP contribution in [0.25, 0.3) is 0 Å². The average Bonchev–Trinajstić information content (AvgIpc) is 2.77. The Morgan fingerprint density at radius 3 is 1.79 bits per heavy atom. The maximum atomic E-state index is 12.9. The molecule has 0 heterocycles. The lowest BCUT2D eigenvalue weighted by Gasteiger charge is -2.61. The first-order valence-corrected chi connectivity index (χ1v) is 9.89. The number of hydrogen-bond donors (Lipinski definition) is 7.